The number of halogens is 3. The van der Waals surface area contributed by atoms with Crippen molar-refractivity contribution in [3.05, 3.63) is 79.6 Å². The molecular weight excluding hydrogens is 475 g/mol. The van der Waals surface area contributed by atoms with Crippen LogP contribution in [0.5, 0.6) is 0 Å². The van der Waals surface area contributed by atoms with Crippen molar-refractivity contribution in [2.75, 3.05) is 5.32 Å². The number of carbonyl (C=O) groups is 1. The molecule has 0 bridgehead atoms. The van der Waals surface area contributed by atoms with Gasteiger partial charge in [0.25, 0.3) is 5.91 Å². The van der Waals surface area contributed by atoms with E-state index in [1.165, 1.54) is 6.20 Å². The summed E-state index contributed by atoms with van der Waals surface area (Å²) in [6.45, 7) is 6.18. The molecule has 166 valence electrons. The molecule has 4 rings (SSSR count). The molecule has 0 aliphatic carbocycles. The highest BCUT2D eigenvalue weighted by Gasteiger charge is 2.23. The van der Waals surface area contributed by atoms with Gasteiger partial charge in [-0.15, -0.1) is 0 Å². The molecular formula is C21H19Cl3N6O2. The molecule has 3 heterocycles. The second-order valence-corrected chi connectivity index (χ2v) is 8.60. The van der Waals surface area contributed by atoms with E-state index in [1.807, 2.05) is 19.9 Å². The lowest BCUT2D eigenvalue weighted by molar-refractivity contribution is 0.101. The van der Waals surface area contributed by atoms with E-state index < -0.39 is 5.91 Å². The quantitative estimate of drug-likeness (QED) is 0.393. The number of nitrogens with zero attached hydrogens (tertiary/aromatic N) is 5. The average Bonchev–Trinajstić information content (AvgIpc) is 3.39. The van der Waals surface area contributed by atoms with Crippen LogP contribution in [0.4, 0.5) is 5.69 Å². The monoisotopic (exact) mass is 492 g/mol. The van der Waals surface area contributed by atoms with Gasteiger partial charge in [0.2, 0.25) is 0 Å². The van der Waals surface area contributed by atoms with Crippen LogP contribution < -0.4 is 5.32 Å². The average molecular weight is 494 g/mol. The Morgan fingerprint density at radius 3 is 2.59 bits per heavy atom. The first-order valence-electron chi connectivity index (χ1n) is 9.65. The minimum absolute atomic E-state index is 0.182. The summed E-state index contributed by atoms with van der Waals surface area (Å²) < 4.78 is 8.66. The van der Waals surface area contributed by atoms with Crippen LogP contribution in [0.1, 0.15) is 38.8 Å². The lowest BCUT2D eigenvalue weighted by Gasteiger charge is -2.09. The predicted octanol–water partition coefficient (Wildman–Crippen LogP) is 5.30. The molecule has 32 heavy (non-hydrogen) atoms. The zero-order valence-corrected chi connectivity index (χ0v) is 19.8. The Labute approximate surface area is 199 Å². The highest BCUT2D eigenvalue weighted by Crippen LogP contribution is 2.26. The third-order valence-corrected chi connectivity index (χ3v) is 5.86. The van der Waals surface area contributed by atoms with Crippen molar-refractivity contribution in [1.29, 1.82) is 0 Å². The Morgan fingerprint density at radius 2 is 1.91 bits per heavy atom. The van der Waals surface area contributed by atoms with Gasteiger partial charge in [-0.05, 0) is 38.5 Å². The number of aromatic nitrogens is 5. The highest BCUT2D eigenvalue weighted by atomic mass is 35.5. The van der Waals surface area contributed by atoms with E-state index >= 15 is 0 Å². The third-order valence-electron chi connectivity index (χ3n) is 5.08. The van der Waals surface area contributed by atoms with Gasteiger partial charge in [-0.1, -0.05) is 46.0 Å². The van der Waals surface area contributed by atoms with E-state index in [0.29, 0.717) is 50.9 Å². The number of anilines is 1. The van der Waals surface area contributed by atoms with Gasteiger partial charge in [-0.2, -0.15) is 10.2 Å². The molecule has 0 radical (unpaired) electrons. The fraction of sp³-hybridized carbons (Fsp3) is 0.238. The number of carbonyl (C=O) groups excluding carboxylic acids is 1. The second-order valence-electron chi connectivity index (χ2n) is 7.32. The Balaban J connectivity index is 1.57. The van der Waals surface area contributed by atoms with Gasteiger partial charge < -0.3 is 9.84 Å². The molecule has 0 spiro atoms. The molecule has 0 atom stereocenters. The Kier molecular flexibility index (Phi) is 6.28. The second kappa shape index (κ2) is 8.97. The number of nitrogens with one attached hydrogen (secondary N) is 1. The minimum Gasteiger partial charge on any atom is -0.361 e. The molecule has 0 aliphatic heterocycles. The van der Waals surface area contributed by atoms with Gasteiger partial charge in [0.15, 0.2) is 5.69 Å². The first-order valence-corrected chi connectivity index (χ1v) is 10.8. The van der Waals surface area contributed by atoms with Crippen molar-refractivity contribution in [2.24, 2.45) is 0 Å². The van der Waals surface area contributed by atoms with Crippen molar-refractivity contribution < 1.29 is 9.32 Å². The molecule has 0 fully saturated rings. The van der Waals surface area contributed by atoms with Gasteiger partial charge in [0, 0.05) is 21.8 Å². The normalized spacial score (nSPS) is 11.2. The Hall–Kier alpha value is -2.81. The fourth-order valence-corrected chi connectivity index (χ4v) is 3.98. The van der Waals surface area contributed by atoms with E-state index in [2.05, 4.69) is 20.7 Å². The van der Waals surface area contributed by atoms with Crippen LogP contribution in [0.25, 0.3) is 0 Å². The Morgan fingerprint density at radius 1 is 1.12 bits per heavy atom. The largest absolute Gasteiger partial charge is 0.361 e. The number of hydrogen-bond donors (Lipinski definition) is 1. The maximum atomic E-state index is 13.0. The highest BCUT2D eigenvalue weighted by molar-refractivity contribution is 6.35. The van der Waals surface area contributed by atoms with Crippen LogP contribution >= 0.6 is 34.8 Å². The lowest BCUT2D eigenvalue weighted by Crippen LogP contribution is -2.17. The first-order chi connectivity index (χ1) is 15.2. The molecule has 3 aromatic heterocycles. The van der Waals surface area contributed by atoms with Gasteiger partial charge >= 0.3 is 0 Å². The topological polar surface area (TPSA) is 90.8 Å². The number of benzene rings is 1. The summed E-state index contributed by atoms with van der Waals surface area (Å²) in [5.41, 5.74) is 3.73. The van der Waals surface area contributed by atoms with E-state index in [0.717, 1.165) is 11.3 Å². The van der Waals surface area contributed by atoms with Crippen LogP contribution in [0.15, 0.2) is 35.1 Å². The van der Waals surface area contributed by atoms with E-state index in [1.54, 1.807) is 34.6 Å². The molecule has 1 N–H and O–H groups in total. The number of aryl methyl sites for hydroxylation is 2. The first kappa shape index (κ1) is 22.4. The van der Waals surface area contributed by atoms with Gasteiger partial charge in [0.05, 0.1) is 41.4 Å². The Bertz CT molecular complexity index is 1310. The van der Waals surface area contributed by atoms with Crippen LogP contribution in [0, 0.1) is 20.8 Å². The maximum Gasteiger partial charge on any atom is 0.278 e. The molecule has 4 aromatic rings. The summed E-state index contributed by atoms with van der Waals surface area (Å²) in [7, 11) is 0. The molecule has 1 aromatic carbocycles. The fourth-order valence-electron chi connectivity index (χ4n) is 3.36. The summed E-state index contributed by atoms with van der Waals surface area (Å²) in [6.07, 6.45) is 3.19. The van der Waals surface area contributed by atoms with E-state index in [4.69, 9.17) is 39.3 Å². The number of amides is 1. The molecule has 8 nitrogen and oxygen atoms in total. The van der Waals surface area contributed by atoms with Crippen molar-refractivity contribution in [2.45, 2.75) is 33.9 Å². The lowest BCUT2D eigenvalue weighted by atomic mass is 10.1. The molecule has 11 heteroatoms. The standard InChI is InChI=1S/C21H19Cl3N6O2/c1-11-19(12(2)30(27-11)8-14-4-5-15(22)6-18(14)24)26-21(31)20-17(13(3)32-28-20)10-29-9-16(23)7-25-29/h4-7,9H,8,10H2,1-3H3,(H,26,31). The van der Waals surface area contributed by atoms with Gasteiger partial charge in [-0.3, -0.25) is 14.2 Å². The van der Waals surface area contributed by atoms with Crippen molar-refractivity contribution in [3.63, 3.8) is 0 Å². The van der Waals surface area contributed by atoms with E-state index in [-0.39, 0.29) is 5.69 Å². The zero-order chi connectivity index (χ0) is 23.0. The predicted molar refractivity (Wildman–Crippen MR) is 123 cm³/mol. The summed E-state index contributed by atoms with van der Waals surface area (Å²) >= 11 is 18.2. The summed E-state index contributed by atoms with van der Waals surface area (Å²) in [6, 6.07) is 5.32. The summed E-state index contributed by atoms with van der Waals surface area (Å²) in [5.74, 6) is 0.133. The molecule has 0 saturated carbocycles. The third kappa shape index (κ3) is 4.53. The molecule has 0 saturated heterocycles. The minimum atomic E-state index is -0.398. The van der Waals surface area contributed by atoms with Crippen LogP contribution in [0.2, 0.25) is 15.1 Å². The van der Waals surface area contributed by atoms with E-state index in [9.17, 15) is 4.79 Å². The van der Waals surface area contributed by atoms with Crippen LogP contribution in [-0.4, -0.2) is 30.6 Å². The van der Waals surface area contributed by atoms with Gasteiger partial charge in [-0.25, -0.2) is 0 Å². The smallest absolute Gasteiger partial charge is 0.278 e. The summed E-state index contributed by atoms with van der Waals surface area (Å²) in [5, 5.41) is 17.2. The number of rotatable bonds is 6. The van der Waals surface area contributed by atoms with Crippen molar-refractivity contribution in [3.8, 4) is 0 Å². The molecule has 0 aliphatic rings. The van der Waals surface area contributed by atoms with Gasteiger partial charge in [0.1, 0.15) is 5.76 Å². The number of hydrogen-bond acceptors (Lipinski definition) is 5. The van der Waals surface area contributed by atoms with Crippen LogP contribution in [0.3, 0.4) is 0 Å². The maximum absolute atomic E-state index is 13.0. The van der Waals surface area contributed by atoms with Crippen LogP contribution in [-0.2, 0) is 13.1 Å². The molecule has 0 unspecified atom stereocenters. The molecule has 1 amide bonds. The zero-order valence-electron chi connectivity index (χ0n) is 17.5. The summed E-state index contributed by atoms with van der Waals surface area (Å²) in [4.78, 5) is 13.0. The van der Waals surface area contributed by atoms with Crippen molar-refractivity contribution >= 4 is 46.4 Å². The SMILES string of the molecule is Cc1nn(Cc2ccc(Cl)cc2Cl)c(C)c1NC(=O)c1noc(C)c1Cn1cc(Cl)cn1. The van der Waals surface area contributed by atoms with Crippen molar-refractivity contribution in [1.82, 2.24) is 24.7 Å².